The molecule has 5 heteroatoms. The van der Waals surface area contributed by atoms with E-state index in [1.54, 1.807) is 0 Å². The summed E-state index contributed by atoms with van der Waals surface area (Å²) in [5.41, 5.74) is 8.21. The summed E-state index contributed by atoms with van der Waals surface area (Å²) in [5, 5.41) is 0. The van der Waals surface area contributed by atoms with Gasteiger partial charge in [0.2, 0.25) is 0 Å². The summed E-state index contributed by atoms with van der Waals surface area (Å²) in [6.07, 6.45) is 0. The highest BCUT2D eigenvalue weighted by atomic mass is 16.5. The standard InChI is InChI=1S/C42H32N4O/c1-42(2)32-22-10-12-24-34(32)46(35-25-13-11-23-33(35)42)36-26-14-16-28-38(36)47-37-27-15-9-21-31(37)41-44-39(29-17-5-3-6-18-29)43-40(45-41)30-19-7-4-8-20-30/h3-28H,1-2H3. The average molecular weight is 609 g/mol. The third kappa shape index (κ3) is 5.12. The maximum atomic E-state index is 6.88. The zero-order valence-corrected chi connectivity index (χ0v) is 26.2. The number of rotatable bonds is 6. The van der Waals surface area contributed by atoms with Gasteiger partial charge in [0.25, 0.3) is 0 Å². The van der Waals surface area contributed by atoms with Crippen molar-refractivity contribution in [3.05, 3.63) is 169 Å². The molecule has 0 radical (unpaired) electrons. The van der Waals surface area contributed by atoms with Crippen molar-refractivity contribution in [1.29, 1.82) is 0 Å². The van der Waals surface area contributed by atoms with Crippen LogP contribution < -0.4 is 9.64 Å². The van der Waals surface area contributed by atoms with E-state index in [0.717, 1.165) is 39.5 Å². The lowest BCUT2D eigenvalue weighted by Crippen LogP contribution is -2.30. The van der Waals surface area contributed by atoms with Crippen molar-refractivity contribution in [3.63, 3.8) is 0 Å². The molecule has 0 unspecified atom stereocenters. The third-order valence-electron chi connectivity index (χ3n) is 8.79. The molecule has 2 heterocycles. The average Bonchev–Trinajstić information content (AvgIpc) is 3.13. The molecule has 5 nitrogen and oxygen atoms in total. The molecule has 0 bridgehead atoms. The van der Waals surface area contributed by atoms with E-state index < -0.39 is 0 Å². The Hall–Kier alpha value is -6.07. The van der Waals surface area contributed by atoms with Gasteiger partial charge in [0, 0.05) is 16.5 Å². The second-order valence-corrected chi connectivity index (χ2v) is 12.1. The molecule has 0 N–H and O–H groups in total. The van der Waals surface area contributed by atoms with Crippen molar-refractivity contribution in [2.24, 2.45) is 0 Å². The number of nitrogens with zero attached hydrogens (tertiary/aromatic N) is 4. The molecular weight excluding hydrogens is 576 g/mol. The lowest BCUT2D eigenvalue weighted by atomic mass is 9.73. The Morgan fingerprint density at radius 2 is 0.851 bits per heavy atom. The SMILES string of the molecule is CC1(C)c2ccccc2N(c2ccccc2Oc2ccccc2-c2nc(-c3ccccc3)nc(-c3ccccc3)n2)c2ccccc21. The first-order valence-corrected chi connectivity index (χ1v) is 15.8. The quantitative estimate of drug-likeness (QED) is 0.188. The minimum atomic E-state index is -0.155. The predicted octanol–water partition coefficient (Wildman–Crippen LogP) is 10.8. The number of fused-ring (bicyclic) bond motifs is 2. The van der Waals surface area contributed by atoms with Gasteiger partial charge in [-0.1, -0.05) is 135 Å². The van der Waals surface area contributed by atoms with Gasteiger partial charge in [0.15, 0.2) is 23.2 Å². The van der Waals surface area contributed by atoms with Crippen LogP contribution >= 0.6 is 0 Å². The molecule has 0 spiro atoms. The van der Waals surface area contributed by atoms with Crippen LogP contribution in [0.3, 0.4) is 0 Å². The summed E-state index contributed by atoms with van der Waals surface area (Å²) in [6.45, 7) is 4.59. The van der Waals surface area contributed by atoms with Crippen molar-refractivity contribution >= 4 is 17.1 Å². The molecular formula is C42H32N4O. The van der Waals surface area contributed by atoms with E-state index in [4.69, 9.17) is 19.7 Å². The molecule has 1 aromatic heterocycles. The smallest absolute Gasteiger partial charge is 0.167 e. The van der Waals surface area contributed by atoms with Gasteiger partial charge in [-0.3, -0.25) is 0 Å². The maximum absolute atomic E-state index is 6.88. The number of hydrogen-bond donors (Lipinski definition) is 0. The molecule has 7 aromatic rings. The molecule has 6 aromatic carbocycles. The highest BCUT2D eigenvalue weighted by Crippen LogP contribution is 2.53. The first kappa shape index (κ1) is 28.4. The molecule has 0 atom stereocenters. The Kier molecular flexibility index (Phi) is 7.07. The molecule has 226 valence electrons. The van der Waals surface area contributed by atoms with Crippen LogP contribution in [0.25, 0.3) is 34.2 Å². The molecule has 47 heavy (non-hydrogen) atoms. The van der Waals surface area contributed by atoms with Crippen molar-refractivity contribution in [2.75, 3.05) is 4.90 Å². The number of anilines is 3. The topological polar surface area (TPSA) is 51.1 Å². The van der Waals surface area contributed by atoms with Crippen molar-refractivity contribution in [3.8, 4) is 45.7 Å². The van der Waals surface area contributed by atoms with E-state index in [1.807, 2.05) is 97.1 Å². The van der Waals surface area contributed by atoms with E-state index in [1.165, 1.54) is 11.1 Å². The van der Waals surface area contributed by atoms with E-state index in [9.17, 15) is 0 Å². The molecule has 1 aliphatic heterocycles. The summed E-state index contributed by atoms with van der Waals surface area (Å²) in [5.74, 6) is 3.14. The number of aromatic nitrogens is 3. The number of hydrogen-bond acceptors (Lipinski definition) is 5. The van der Waals surface area contributed by atoms with Gasteiger partial charge < -0.3 is 9.64 Å². The fourth-order valence-corrected chi connectivity index (χ4v) is 6.44. The maximum Gasteiger partial charge on any atom is 0.167 e. The summed E-state index contributed by atoms with van der Waals surface area (Å²) in [6, 6.07) is 53.5. The first-order chi connectivity index (χ1) is 23.1. The van der Waals surface area contributed by atoms with Gasteiger partial charge in [0.1, 0.15) is 5.75 Å². The van der Waals surface area contributed by atoms with Crippen LogP contribution in [-0.4, -0.2) is 15.0 Å². The van der Waals surface area contributed by atoms with Crippen LogP contribution in [0.15, 0.2) is 158 Å². The summed E-state index contributed by atoms with van der Waals surface area (Å²) in [7, 11) is 0. The van der Waals surface area contributed by atoms with E-state index >= 15 is 0 Å². The van der Waals surface area contributed by atoms with Gasteiger partial charge >= 0.3 is 0 Å². The van der Waals surface area contributed by atoms with E-state index in [2.05, 4.69) is 79.4 Å². The van der Waals surface area contributed by atoms with Gasteiger partial charge in [-0.2, -0.15) is 0 Å². The second kappa shape index (κ2) is 11.7. The van der Waals surface area contributed by atoms with Gasteiger partial charge in [-0.05, 0) is 47.5 Å². The largest absolute Gasteiger partial charge is 0.454 e. The lowest BCUT2D eigenvalue weighted by Gasteiger charge is -2.42. The van der Waals surface area contributed by atoms with Crippen molar-refractivity contribution in [2.45, 2.75) is 19.3 Å². The van der Waals surface area contributed by atoms with Crippen molar-refractivity contribution in [1.82, 2.24) is 15.0 Å². The van der Waals surface area contributed by atoms with Gasteiger partial charge in [-0.25, -0.2) is 15.0 Å². The Labute approximate surface area is 274 Å². The fraction of sp³-hybridized carbons (Fsp3) is 0.0714. The Morgan fingerprint density at radius 3 is 1.43 bits per heavy atom. The Morgan fingerprint density at radius 1 is 0.426 bits per heavy atom. The molecule has 8 rings (SSSR count). The summed E-state index contributed by atoms with van der Waals surface area (Å²) >= 11 is 0. The predicted molar refractivity (Wildman–Crippen MR) is 189 cm³/mol. The third-order valence-corrected chi connectivity index (χ3v) is 8.79. The number of para-hydroxylation sites is 5. The van der Waals surface area contributed by atoms with Crippen LogP contribution in [0.5, 0.6) is 11.5 Å². The minimum absolute atomic E-state index is 0.155. The molecule has 0 saturated heterocycles. The normalized spacial score (nSPS) is 13.0. The van der Waals surface area contributed by atoms with E-state index in [-0.39, 0.29) is 5.41 Å². The molecule has 0 aliphatic carbocycles. The van der Waals surface area contributed by atoms with Crippen LogP contribution in [0.2, 0.25) is 0 Å². The van der Waals surface area contributed by atoms with Crippen LogP contribution in [-0.2, 0) is 5.41 Å². The number of benzene rings is 6. The van der Waals surface area contributed by atoms with Crippen LogP contribution in [0.1, 0.15) is 25.0 Å². The van der Waals surface area contributed by atoms with Crippen molar-refractivity contribution < 1.29 is 4.74 Å². The van der Waals surface area contributed by atoms with Gasteiger partial charge in [-0.15, -0.1) is 0 Å². The zero-order valence-electron chi connectivity index (χ0n) is 26.2. The fourth-order valence-electron chi connectivity index (χ4n) is 6.44. The van der Waals surface area contributed by atoms with E-state index in [0.29, 0.717) is 23.2 Å². The van der Waals surface area contributed by atoms with Crippen LogP contribution in [0, 0.1) is 0 Å². The highest BCUT2D eigenvalue weighted by Gasteiger charge is 2.37. The zero-order chi connectivity index (χ0) is 31.8. The second-order valence-electron chi connectivity index (χ2n) is 12.1. The van der Waals surface area contributed by atoms with Gasteiger partial charge in [0.05, 0.1) is 22.6 Å². The number of ether oxygens (including phenoxy) is 1. The monoisotopic (exact) mass is 608 g/mol. The first-order valence-electron chi connectivity index (χ1n) is 15.8. The molecule has 0 saturated carbocycles. The van der Waals surface area contributed by atoms with Crippen LogP contribution in [0.4, 0.5) is 17.1 Å². The Balaban J connectivity index is 1.26. The molecule has 0 fully saturated rings. The lowest BCUT2D eigenvalue weighted by molar-refractivity contribution is 0.485. The molecule has 0 amide bonds. The summed E-state index contributed by atoms with van der Waals surface area (Å²) < 4.78 is 6.88. The highest BCUT2D eigenvalue weighted by molar-refractivity contribution is 5.88. The summed E-state index contributed by atoms with van der Waals surface area (Å²) in [4.78, 5) is 17.1. The molecule has 1 aliphatic rings. The Bertz CT molecular complexity index is 2110. The minimum Gasteiger partial charge on any atom is -0.454 e.